The monoisotopic (exact) mass is 525 g/mol. The highest BCUT2D eigenvalue weighted by Crippen LogP contribution is 2.31. The van der Waals surface area contributed by atoms with Crippen molar-refractivity contribution in [3.8, 4) is 11.5 Å². The zero-order valence-corrected chi connectivity index (χ0v) is 20.9. The number of amides is 1. The fourth-order valence-electron chi connectivity index (χ4n) is 3.23. The SMILES string of the molecule is COc1ccc(OC)c(NC(=S)N[C@@H](NC(=O)Cc2cccc3ccccc23)C(Cl)(Cl)Cl)c1. The summed E-state index contributed by atoms with van der Waals surface area (Å²) in [5.74, 6) is 0.796. The second kappa shape index (κ2) is 11.1. The van der Waals surface area contributed by atoms with Gasteiger partial charge < -0.3 is 25.4 Å². The van der Waals surface area contributed by atoms with E-state index in [0.29, 0.717) is 17.2 Å². The molecule has 0 heterocycles. The Hall–Kier alpha value is -2.45. The molecular weight excluding hydrogens is 505 g/mol. The quantitative estimate of drug-likeness (QED) is 0.223. The molecule has 0 saturated heterocycles. The van der Waals surface area contributed by atoms with Crippen molar-refractivity contribution >= 4 is 74.5 Å². The maximum absolute atomic E-state index is 12.8. The molecule has 0 saturated carbocycles. The average molecular weight is 527 g/mol. The van der Waals surface area contributed by atoms with Crippen molar-refractivity contribution in [2.24, 2.45) is 0 Å². The first-order chi connectivity index (χ1) is 15.7. The molecule has 0 aliphatic carbocycles. The third-order valence-corrected chi connectivity index (χ3v) is 5.67. The number of benzene rings is 3. The molecule has 0 aliphatic rings. The number of hydrogen-bond donors (Lipinski definition) is 3. The lowest BCUT2D eigenvalue weighted by atomic mass is 10.0. The minimum Gasteiger partial charge on any atom is -0.497 e. The third-order valence-electron chi connectivity index (χ3n) is 4.79. The maximum Gasteiger partial charge on any atom is 0.228 e. The van der Waals surface area contributed by atoms with Gasteiger partial charge in [-0.1, -0.05) is 77.3 Å². The second-order valence-corrected chi connectivity index (χ2v) is 9.80. The second-order valence-electron chi connectivity index (χ2n) is 7.02. The van der Waals surface area contributed by atoms with Crippen molar-refractivity contribution in [3.63, 3.8) is 0 Å². The van der Waals surface area contributed by atoms with Crippen molar-refractivity contribution < 1.29 is 14.3 Å². The number of anilines is 1. The number of thiocarbonyl (C=S) groups is 1. The number of nitrogens with one attached hydrogen (secondary N) is 3. The Morgan fingerprint density at radius 3 is 2.42 bits per heavy atom. The molecule has 3 rings (SSSR count). The van der Waals surface area contributed by atoms with E-state index in [9.17, 15) is 4.79 Å². The van der Waals surface area contributed by atoms with Crippen molar-refractivity contribution in [1.29, 1.82) is 0 Å². The number of ether oxygens (including phenoxy) is 2. The van der Waals surface area contributed by atoms with Crippen LogP contribution in [0.15, 0.2) is 60.7 Å². The number of carbonyl (C=O) groups excluding carboxylic acids is 1. The largest absolute Gasteiger partial charge is 0.497 e. The molecule has 10 heteroatoms. The molecule has 0 spiro atoms. The summed E-state index contributed by atoms with van der Waals surface area (Å²) in [6.07, 6.45) is -0.994. The molecule has 0 bridgehead atoms. The van der Waals surface area contributed by atoms with Crippen molar-refractivity contribution in [1.82, 2.24) is 10.6 Å². The Labute approximate surface area is 212 Å². The number of halogens is 3. The molecule has 3 aromatic carbocycles. The molecule has 6 nitrogen and oxygen atoms in total. The summed E-state index contributed by atoms with van der Waals surface area (Å²) in [5, 5.41) is 10.7. The van der Waals surface area contributed by atoms with Gasteiger partial charge in [0.25, 0.3) is 0 Å². The fraction of sp³-hybridized carbons (Fsp3) is 0.217. The van der Waals surface area contributed by atoms with E-state index in [1.807, 2.05) is 42.5 Å². The third kappa shape index (κ3) is 6.77. The molecule has 0 aliphatic heterocycles. The first-order valence-corrected chi connectivity index (χ1v) is 11.4. The first-order valence-electron chi connectivity index (χ1n) is 9.83. The van der Waals surface area contributed by atoms with Crippen LogP contribution in [-0.2, 0) is 11.2 Å². The Morgan fingerprint density at radius 1 is 1.00 bits per heavy atom. The van der Waals surface area contributed by atoms with Crippen LogP contribution in [0, 0.1) is 0 Å². The minimum absolute atomic E-state index is 0.101. The van der Waals surface area contributed by atoms with Gasteiger partial charge in [-0.15, -0.1) is 0 Å². The van der Waals surface area contributed by atoms with Gasteiger partial charge >= 0.3 is 0 Å². The number of methoxy groups -OCH3 is 2. The minimum atomic E-state index is -1.88. The smallest absolute Gasteiger partial charge is 0.228 e. The van der Waals surface area contributed by atoms with Crippen LogP contribution in [0.25, 0.3) is 10.8 Å². The standard InChI is InChI=1S/C23H22Cl3N3O3S/c1-31-16-10-11-19(32-2)18(13-16)27-22(33)29-21(23(24,25)26)28-20(30)12-15-8-5-7-14-6-3-4-9-17(14)15/h3-11,13,21H,12H2,1-2H3,(H,28,30)(H2,27,29,33)/t21-/m1/s1. The molecule has 3 aromatic rings. The summed E-state index contributed by atoms with van der Waals surface area (Å²) in [6, 6.07) is 18.8. The normalized spacial score (nSPS) is 12.0. The van der Waals surface area contributed by atoms with Crippen LogP contribution in [0.3, 0.4) is 0 Å². The van der Waals surface area contributed by atoms with Crippen LogP contribution in [0.2, 0.25) is 0 Å². The molecule has 33 heavy (non-hydrogen) atoms. The van der Waals surface area contributed by atoms with Crippen LogP contribution in [0.4, 0.5) is 5.69 Å². The van der Waals surface area contributed by atoms with Gasteiger partial charge in [0.05, 0.1) is 26.3 Å². The Bertz CT molecular complexity index is 1150. The zero-order chi connectivity index (χ0) is 24.0. The molecular formula is C23H22Cl3N3O3S. The zero-order valence-electron chi connectivity index (χ0n) is 17.8. The van der Waals surface area contributed by atoms with Gasteiger partial charge in [-0.2, -0.15) is 0 Å². The number of hydrogen-bond acceptors (Lipinski definition) is 4. The molecule has 1 amide bonds. The van der Waals surface area contributed by atoms with E-state index in [1.54, 1.807) is 25.3 Å². The summed E-state index contributed by atoms with van der Waals surface area (Å²) in [5.41, 5.74) is 1.40. The van der Waals surface area contributed by atoms with Crippen LogP contribution in [0.1, 0.15) is 5.56 Å². The van der Waals surface area contributed by atoms with Gasteiger partial charge in [0.2, 0.25) is 9.70 Å². The van der Waals surface area contributed by atoms with Crippen molar-refractivity contribution in [2.45, 2.75) is 16.4 Å². The maximum atomic E-state index is 12.8. The number of rotatable bonds is 7. The van der Waals surface area contributed by atoms with Crippen LogP contribution in [0.5, 0.6) is 11.5 Å². The molecule has 0 unspecified atom stereocenters. The fourth-order valence-corrected chi connectivity index (χ4v) is 3.79. The van der Waals surface area contributed by atoms with E-state index in [2.05, 4.69) is 16.0 Å². The van der Waals surface area contributed by atoms with Crippen molar-refractivity contribution in [2.75, 3.05) is 19.5 Å². The highest BCUT2D eigenvalue weighted by molar-refractivity contribution is 7.80. The molecule has 1 atom stereocenters. The number of fused-ring (bicyclic) bond motifs is 1. The van der Waals surface area contributed by atoms with Crippen molar-refractivity contribution in [3.05, 3.63) is 66.2 Å². The Morgan fingerprint density at radius 2 is 1.73 bits per heavy atom. The number of carbonyl (C=O) groups is 1. The summed E-state index contributed by atoms with van der Waals surface area (Å²) in [6.45, 7) is 0. The molecule has 3 N–H and O–H groups in total. The number of alkyl halides is 3. The van der Waals surface area contributed by atoms with Gasteiger partial charge in [-0.05, 0) is 40.7 Å². The van der Waals surface area contributed by atoms with E-state index in [0.717, 1.165) is 16.3 Å². The lowest BCUT2D eigenvalue weighted by Gasteiger charge is -2.28. The summed E-state index contributed by atoms with van der Waals surface area (Å²) < 4.78 is 8.69. The Balaban J connectivity index is 1.71. The molecule has 0 fully saturated rings. The average Bonchev–Trinajstić information content (AvgIpc) is 2.78. The van der Waals surface area contributed by atoms with E-state index in [1.165, 1.54) is 7.11 Å². The Kier molecular flexibility index (Phi) is 8.48. The van der Waals surface area contributed by atoms with E-state index >= 15 is 0 Å². The van der Waals surface area contributed by atoms with Gasteiger partial charge in [0.15, 0.2) is 5.11 Å². The summed E-state index contributed by atoms with van der Waals surface area (Å²) in [4.78, 5) is 12.8. The molecule has 0 aromatic heterocycles. The van der Waals surface area contributed by atoms with E-state index in [4.69, 9.17) is 56.5 Å². The van der Waals surface area contributed by atoms with Gasteiger partial charge in [0.1, 0.15) is 17.7 Å². The lowest BCUT2D eigenvalue weighted by Crippen LogP contribution is -2.56. The highest BCUT2D eigenvalue weighted by Gasteiger charge is 2.34. The van der Waals surface area contributed by atoms with Crippen LogP contribution in [-0.4, -0.2) is 35.2 Å². The van der Waals surface area contributed by atoms with Crippen LogP contribution >= 0.6 is 47.0 Å². The topological polar surface area (TPSA) is 71.6 Å². The highest BCUT2D eigenvalue weighted by atomic mass is 35.6. The van der Waals surface area contributed by atoms with E-state index < -0.39 is 9.96 Å². The summed E-state index contributed by atoms with van der Waals surface area (Å²) in [7, 11) is 3.08. The lowest BCUT2D eigenvalue weighted by molar-refractivity contribution is -0.121. The van der Waals surface area contributed by atoms with Gasteiger partial charge in [-0.25, -0.2) is 0 Å². The molecule has 0 radical (unpaired) electrons. The predicted octanol–water partition coefficient (Wildman–Crippen LogP) is 5.20. The molecule has 174 valence electrons. The first kappa shape index (κ1) is 25.2. The predicted molar refractivity (Wildman–Crippen MR) is 139 cm³/mol. The summed E-state index contributed by atoms with van der Waals surface area (Å²) >= 11 is 23.7. The van der Waals surface area contributed by atoms with Gasteiger partial charge in [-0.3, -0.25) is 4.79 Å². The van der Waals surface area contributed by atoms with Crippen LogP contribution < -0.4 is 25.4 Å². The van der Waals surface area contributed by atoms with Gasteiger partial charge in [0, 0.05) is 6.07 Å². The van der Waals surface area contributed by atoms with E-state index in [-0.39, 0.29) is 17.4 Å².